The zero-order valence-corrected chi connectivity index (χ0v) is 12.9. The van der Waals surface area contributed by atoms with E-state index in [0.717, 1.165) is 11.8 Å². The van der Waals surface area contributed by atoms with Gasteiger partial charge in [0.1, 0.15) is 17.1 Å². The molecule has 122 valence electrons. The first-order valence-corrected chi connectivity index (χ1v) is 7.48. The summed E-state index contributed by atoms with van der Waals surface area (Å²) < 4.78 is 5.04. The lowest BCUT2D eigenvalue weighted by Gasteiger charge is -2.10. The third-order valence-corrected chi connectivity index (χ3v) is 3.84. The number of aliphatic carboxylic acids is 1. The average Bonchev–Trinajstić information content (AvgIpc) is 3.09. The van der Waals surface area contributed by atoms with Crippen LogP contribution in [-0.2, 0) is 14.4 Å². The number of carboxylic acid groups (broad SMARTS) is 1. The van der Waals surface area contributed by atoms with Gasteiger partial charge in [0.25, 0.3) is 0 Å². The zero-order chi connectivity index (χ0) is 16.8. The van der Waals surface area contributed by atoms with Gasteiger partial charge in [0.2, 0.25) is 11.8 Å². The minimum absolute atomic E-state index is 0.144. The molecule has 1 saturated heterocycles. The van der Waals surface area contributed by atoms with Crippen LogP contribution in [0.1, 0.15) is 19.1 Å². The van der Waals surface area contributed by atoms with Crippen LogP contribution >= 0.6 is 11.8 Å². The van der Waals surface area contributed by atoms with Crippen LogP contribution in [0.15, 0.2) is 33.0 Å². The van der Waals surface area contributed by atoms with Gasteiger partial charge in [-0.2, -0.15) is 5.10 Å². The molecule has 9 nitrogen and oxygen atoms in total. The normalized spacial score (nSPS) is 20.7. The van der Waals surface area contributed by atoms with Gasteiger partial charge in [0, 0.05) is 6.42 Å². The molecule has 2 heterocycles. The maximum atomic E-state index is 11.8. The summed E-state index contributed by atoms with van der Waals surface area (Å²) in [5, 5.41) is 20.7. The van der Waals surface area contributed by atoms with Gasteiger partial charge in [0.15, 0.2) is 5.17 Å². The maximum Gasteiger partial charge on any atom is 0.325 e. The van der Waals surface area contributed by atoms with Gasteiger partial charge in [-0.05, 0) is 19.1 Å². The summed E-state index contributed by atoms with van der Waals surface area (Å²) in [6, 6.07) is 2.39. The maximum absolute atomic E-state index is 11.8. The number of rotatable bonds is 6. The van der Waals surface area contributed by atoms with Crippen molar-refractivity contribution < 1.29 is 23.9 Å². The van der Waals surface area contributed by atoms with Crippen molar-refractivity contribution in [2.24, 2.45) is 10.2 Å². The second-order valence-electron chi connectivity index (χ2n) is 4.59. The fourth-order valence-corrected chi connectivity index (χ4v) is 2.54. The molecular weight excluding hydrogens is 324 g/mol. The van der Waals surface area contributed by atoms with Gasteiger partial charge in [-0.15, -0.1) is 5.10 Å². The fraction of sp³-hybridized carbons (Fsp3) is 0.308. The minimum atomic E-state index is -1.14. The lowest BCUT2D eigenvalue weighted by Crippen LogP contribution is -2.40. The highest BCUT2D eigenvalue weighted by molar-refractivity contribution is 8.15. The standard InChI is InChI=1S/C13H14N4O5S/c1-7(12(20)21)15-10(18)5-9-11(19)16-13(23-9)17-14-6-8-3-2-4-22-8/h2-4,6-7,9H,5H2,1H3,(H,15,18)(H,20,21)(H,16,17,19)/b14-6-/t7-,9+/m1/s1. The average molecular weight is 338 g/mol. The second kappa shape index (κ2) is 7.58. The summed E-state index contributed by atoms with van der Waals surface area (Å²) in [5.41, 5.74) is 0. The van der Waals surface area contributed by atoms with Crippen molar-refractivity contribution in [1.29, 1.82) is 0 Å². The highest BCUT2D eigenvalue weighted by atomic mass is 32.2. The quantitative estimate of drug-likeness (QED) is 0.500. The molecule has 0 aliphatic carbocycles. The smallest absolute Gasteiger partial charge is 0.325 e. The predicted octanol–water partition coefficient (Wildman–Crippen LogP) is 0.180. The molecule has 1 aromatic rings. The third-order valence-electron chi connectivity index (χ3n) is 2.77. The van der Waals surface area contributed by atoms with Crippen LogP contribution in [0.5, 0.6) is 0 Å². The van der Waals surface area contributed by atoms with Crippen molar-refractivity contribution in [3.05, 3.63) is 24.2 Å². The monoisotopic (exact) mass is 338 g/mol. The van der Waals surface area contributed by atoms with E-state index in [4.69, 9.17) is 9.52 Å². The van der Waals surface area contributed by atoms with E-state index in [9.17, 15) is 14.4 Å². The van der Waals surface area contributed by atoms with Crippen molar-refractivity contribution >= 4 is 40.9 Å². The number of carboxylic acids is 1. The van der Waals surface area contributed by atoms with Gasteiger partial charge in [-0.25, -0.2) is 0 Å². The van der Waals surface area contributed by atoms with Crippen molar-refractivity contribution in [1.82, 2.24) is 10.6 Å². The Morgan fingerprint density at radius 3 is 3.04 bits per heavy atom. The molecule has 0 radical (unpaired) electrons. The van der Waals surface area contributed by atoms with E-state index in [1.807, 2.05) is 0 Å². The van der Waals surface area contributed by atoms with Crippen molar-refractivity contribution in [2.75, 3.05) is 0 Å². The topological polar surface area (TPSA) is 133 Å². The summed E-state index contributed by atoms with van der Waals surface area (Å²) in [6.07, 6.45) is 2.73. The Kier molecular flexibility index (Phi) is 5.52. The minimum Gasteiger partial charge on any atom is -0.480 e. The van der Waals surface area contributed by atoms with Crippen LogP contribution in [0.3, 0.4) is 0 Å². The van der Waals surface area contributed by atoms with Crippen LogP contribution in [0.4, 0.5) is 0 Å². The molecule has 2 amide bonds. The number of carbonyl (C=O) groups excluding carboxylic acids is 2. The third kappa shape index (κ3) is 4.95. The van der Waals surface area contributed by atoms with Gasteiger partial charge in [-0.3, -0.25) is 14.4 Å². The molecule has 3 N–H and O–H groups in total. The highest BCUT2D eigenvalue weighted by Crippen LogP contribution is 2.22. The fourth-order valence-electron chi connectivity index (χ4n) is 1.62. The molecular formula is C13H14N4O5S. The van der Waals surface area contributed by atoms with Gasteiger partial charge in [0.05, 0.1) is 12.5 Å². The van der Waals surface area contributed by atoms with Gasteiger partial charge >= 0.3 is 5.97 Å². The van der Waals surface area contributed by atoms with Crippen molar-refractivity contribution in [2.45, 2.75) is 24.6 Å². The van der Waals surface area contributed by atoms with E-state index < -0.39 is 23.2 Å². The summed E-state index contributed by atoms with van der Waals surface area (Å²) in [6.45, 7) is 1.35. The summed E-state index contributed by atoms with van der Waals surface area (Å²) in [7, 11) is 0. The Balaban J connectivity index is 1.87. The lowest BCUT2D eigenvalue weighted by atomic mass is 10.2. The summed E-state index contributed by atoms with van der Waals surface area (Å²) >= 11 is 1.06. The van der Waals surface area contributed by atoms with E-state index in [0.29, 0.717) is 5.76 Å². The number of hydrogen-bond acceptors (Lipinski definition) is 7. The molecule has 23 heavy (non-hydrogen) atoms. The van der Waals surface area contributed by atoms with E-state index in [-0.39, 0.29) is 17.5 Å². The Hall–Kier alpha value is -2.62. The van der Waals surface area contributed by atoms with Crippen LogP contribution in [-0.4, -0.2) is 45.6 Å². The molecule has 2 rings (SSSR count). The first-order valence-electron chi connectivity index (χ1n) is 6.60. The summed E-state index contributed by atoms with van der Waals surface area (Å²) in [4.78, 5) is 34.1. The van der Waals surface area contributed by atoms with Crippen LogP contribution in [0.25, 0.3) is 0 Å². The number of carbonyl (C=O) groups is 3. The van der Waals surface area contributed by atoms with Gasteiger partial charge < -0.3 is 20.2 Å². The molecule has 1 aromatic heterocycles. The molecule has 0 saturated carbocycles. The Labute approximate surface area is 135 Å². The number of hydrogen-bond donors (Lipinski definition) is 3. The SMILES string of the molecule is C[C@@H](NC(=O)C[C@@H]1S/C(=N/N=C\c2ccco2)NC1=O)C(=O)O. The number of amides is 2. The number of furan rings is 1. The van der Waals surface area contributed by atoms with E-state index in [2.05, 4.69) is 20.8 Å². The molecule has 0 spiro atoms. The van der Waals surface area contributed by atoms with E-state index >= 15 is 0 Å². The molecule has 0 bridgehead atoms. The van der Waals surface area contributed by atoms with E-state index in [1.54, 1.807) is 12.1 Å². The van der Waals surface area contributed by atoms with Crippen molar-refractivity contribution in [3.63, 3.8) is 0 Å². The largest absolute Gasteiger partial charge is 0.480 e. The molecule has 0 aromatic carbocycles. The second-order valence-corrected chi connectivity index (χ2v) is 5.78. The Morgan fingerprint density at radius 2 is 2.39 bits per heavy atom. The highest BCUT2D eigenvalue weighted by Gasteiger charge is 2.32. The van der Waals surface area contributed by atoms with Crippen LogP contribution < -0.4 is 10.6 Å². The Bertz CT molecular complexity index is 655. The first-order chi connectivity index (χ1) is 11.0. The van der Waals surface area contributed by atoms with Gasteiger partial charge in [-0.1, -0.05) is 11.8 Å². The lowest BCUT2D eigenvalue weighted by molar-refractivity contribution is -0.141. The molecule has 2 atom stereocenters. The molecule has 0 unspecified atom stereocenters. The Morgan fingerprint density at radius 1 is 1.61 bits per heavy atom. The number of nitrogens with zero attached hydrogens (tertiary/aromatic N) is 2. The predicted molar refractivity (Wildman–Crippen MR) is 83.1 cm³/mol. The summed E-state index contributed by atoms with van der Waals surface area (Å²) in [5.74, 6) is -1.52. The zero-order valence-electron chi connectivity index (χ0n) is 12.1. The molecule has 1 fully saturated rings. The number of nitrogens with one attached hydrogen (secondary N) is 2. The van der Waals surface area contributed by atoms with E-state index in [1.165, 1.54) is 19.4 Å². The molecule has 10 heteroatoms. The van der Waals surface area contributed by atoms with Crippen molar-refractivity contribution in [3.8, 4) is 0 Å². The number of amidine groups is 1. The number of thioether (sulfide) groups is 1. The van der Waals surface area contributed by atoms with Crippen LogP contribution in [0, 0.1) is 0 Å². The molecule has 1 aliphatic rings. The molecule has 1 aliphatic heterocycles. The first kappa shape index (κ1) is 16.7. The van der Waals surface area contributed by atoms with Crippen LogP contribution in [0.2, 0.25) is 0 Å².